The van der Waals surface area contributed by atoms with Crippen LogP contribution < -0.4 is 10.2 Å². The van der Waals surface area contributed by atoms with Gasteiger partial charge in [0.2, 0.25) is 5.91 Å². The number of fused-ring (bicyclic) bond motifs is 1. The first kappa shape index (κ1) is 14.6. The van der Waals surface area contributed by atoms with Crippen molar-refractivity contribution in [3.63, 3.8) is 0 Å². The predicted octanol–water partition coefficient (Wildman–Crippen LogP) is -0.502. The molecule has 3 rings (SSSR count). The molecule has 22 heavy (non-hydrogen) atoms. The summed E-state index contributed by atoms with van der Waals surface area (Å²) in [6, 6.07) is 3.71. The summed E-state index contributed by atoms with van der Waals surface area (Å²) in [4.78, 5) is 14.3. The monoisotopic (exact) mass is 305 g/mol. The van der Waals surface area contributed by atoms with Crippen molar-refractivity contribution in [2.24, 2.45) is 5.92 Å². The molecule has 0 bridgehead atoms. The maximum absolute atomic E-state index is 12.2. The number of methoxy groups -OCH3 is 1. The Morgan fingerprint density at radius 3 is 3.27 bits per heavy atom. The molecule has 2 aromatic rings. The number of piperidine rings is 1. The summed E-state index contributed by atoms with van der Waals surface area (Å²) in [5.41, 5.74) is 0.606. The molecule has 1 amide bonds. The average molecular weight is 305 g/mol. The van der Waals surface area contributed by atoms with Crippen LogP contribution in [0.15, 0.2) is 12.1 Å². The summed E-state index contributed by atoms with van der Waals surface area (Å²) in [5, 5.41) is 18.5. The van der Waals surface area contributed by atoms with Crippen LogP contribution in [0.2, 0.25) is 0 Å². The minimum atomic E-state index is -0.0306. The number of carbonyl (C=O) groups is 1. The van der Waals surface area contributed by atoms with Gasteiger partial charge in [0.05, 0.1) is 12.5 Å². The van der Waals surface area contributed by atoms with E-state index >= 15 is 0 Å². The van der Waals surface area contributed by atoms with E-state index in [4.69, 9.17) is 4.74 Å². The van der Waals surface area contributed by atoms with Gasteiger partial charge in [-0.2, -0.15) is 0 Å². The van der Waals surface area contributed by atoms with E-state index in [2.05, 4.69) is 30.8 Å². The van der Waals surface area contributed by atoms with E-state index in [9.17, 15) is 4.79 Å². The average Bonchev–Trinajstić information content (AvgIpc) is 3.02. The predicted molar refractivity (Wildman–Crippen MR) is 78.4 cm³/mol. The molecule has 0 aliphatic carbocycles. The molecule has 2 aromatic heterocycles. The second-order valence-electron chi connectivity index (χ2n) is 5.29. The van der Waals surface area contributed by atoms with Crippen LogP contribution in [0.25, 0.3) is 5.65 Å². The first-order valence-electron chi connectivity index (χ1n) is 7.35. The zero-order valence-corrected chi connectivity index (χ0v) is 12.5. The molecular weight excluding hydrogens is 286 g/mol. The number of ether oxygens (including phenoxy) is 1. The van der Waals surface area contributed by atoms with Crippen molar-refractivity contribution in [3.05, 3.63) is 12.1 Å². The van der Waals surface area contributed by atoms with Crippen molar-refractivity contribution in [2.75, 3.05) is 38.3 Å². The molecule has 118 valence electrons. The number of rotatable bonds is 5. The van der Waals surface area contributed by atoms with Gasteiger partial charge >= 0.3 is 0 Å². The summed E-state index contributed by atoms with van der Waals surface area (Å²) in [5.74, 6) is 0.830. The van der Waals surface area contributed by atoms with E-state index in [-0.39, 0.29) is 11.8 Å². The zero-order chi connectivity index (χ0) is 15.4. The Labute approximate surface area is 127 Å². The van der Waals surface area contributed by atoms with E-state index in [1.54, 1.807) is 7.11 Å². The topological polar surface area (TPSA) is 97.5 Å². The summed E-state index contributed by atoms with van der Waals surface area (Å²) in [7, 11) is 1.62. The van der Waals surface area contributed by atoms with Crippen LogP contribution in [-0.4, -0.2) is 64.5 Å². The van der Waals surface area contributed by atoms with Gasteiger partial charge in [-0.1, -0.05) is 0 Å². The molecule has 9 heteroatoms. The molecule has 0 radical (unpaired) electrons. The molecular formula is C13H19N7O2. The van der Waals surface area contributed by atoms with Crippen molar-refractivity contribution in [1.29, 1.82) is 0 Å². The molecule has 9 nitrogen and oxygen atoms in total. The molecule has 1 fully saturated rings. The quantitative estimate of drug-likeness (QED) is 0.744. The first-order chi connectivity index (χ1) is 10.8. The molecule has 0 spiro atoms. The van der Waals surface area contributed by atoms with Crippen molar-refractivity contribution >= 4 is 17.4 Å². The van der Waals surface area contributed by atoms with Crippen LogP contribution >= 0.6 is 0 Å². The fourth-order valence-corrected chi connectivity index (χ4v) is 2.63. The van der Waals surface area contributed by atoms with Crippen LogP contribution in [0.4, 0.5) is 5.82 Å². The van der Waals surface area contributed by atoms with Gasteiger partial charge < -0.3 is 15.0 Å². The van der Waals surface area contributed by atoms with E-state index in [1.807, 2.05) is 12.1 Å². The van der Waals surface area contributed by atoms with Gasteiger partial charge in [0, 0.05) is 26.7 Å². The summed E-state index contributed by atoms with van der Waals surface area (Å²) in [6.45, 7) is 2.60. The summed E-state index contributed by atoms with van der Waals surface area (Å²) < 4.78 is 6.35. The Hall–Kier alpha value is -2.29. The van der Waals surface area contributed by atoms with Crippen LogP contribution in [0.1, 0.15) is 12.8 Å². The van der Waals surface area contributed by atoms with E-state index in [0.29, 0.717) is 25.3 Å². The molecule has 1 aliphatic rings. The van der Waals surface area contributed by atoms with Gasteiger partial charge in [0.25, 0.3) is 0 Å². The van der Waals surface area contributed by atoms with Gasteiger partial charge in [0.15, 0.2) is 11.5 Å². The standard InChI is InChI=1S/C13H19N7O2/c1-22-8-6-14-13(21)10-3-2-7-19(9-10)12-5-4-11-15-17-18-20(11)16-12/h4-5,10H,2-3,6-9H2,1H3,(H,14,21)/t10-/m0/s1. The minimum absolute atomic E-state index is 0.0306. The maximum Gasteiger partial charge on any atom is 0.224 e. The van der Waals surface area contributed by atoms with Gasteiger partial charge in [-0.15, -0.1) is 14.8 Å². The lowest BCUT2D eigenvalue weighted by Crippen LogP contribution is -2.44. The third-order valence-electron chi connectivity index (χ3n) is 3.78. The smallest absolute Gasteiger partial charge is 0.224 e. The molecule has 0 unspecified atom stereocenters. The first-order valence-corrected chi connectivity index (χ1v) is 7.35. The number of tetrazole rings is 1. The minimum Gasteiger partial charge on any atom is -0.383 e. The Balaban J connectivity index is 1.65. The fourth-order valence-electron chi connectivity index (χ4n) is 2.63. The van der Waals surface area contributed by atoms with Crippen molar-refractivity contribution < 1.29 is 9.53 Å². The third kappa shape index (κ3) is 3.14. The summed E-state index contributed by atoms with van der Waals surface area (Å²) >= 11 is 0. The Bertz CT molecular complexity index is 644. The van der Waals surface area contributed by atoms with Crippen LogP contribution in [0.3, 0.4) is 0 Å². The molecule has 1 aliphatic heterocycles. The number of aromatic nitrogens is 5. The number of amides is 1. The number of hydrogen-bond acceptors (Lipinski definition) is 7. The van der Waals surface area contributed by atoms with E-state index < -0.39 is 0 Å². The molecule has 1 atom stereocenters. The normalized spacial score (nSPS) is 18.6. The molecule has 0 aromatic carbocycles. The highest BCUT2D eigenvalue weighted by Gasteiger charge is 2.26. The van der Waals surface area contributed by atoms with Gasteiger partial charge in [0.1, 0.15) is 0 Å². The van der Waals surface area contributed by atoms with E-state index in [1.165, 1.54) is 4.63 Å². The zero-order valence-electron chi connectivity index (χ0n) is 12.5. The van der Waals surface area contributed by atoms with Gasteiger partial charge in [-0.05, 0) is 35.4 Å². The lowest BCUT2D eigenvalue weighted by Gasteiger charge is -2.32. The SMILES string of the molecule is COCCNC(=O)[C@H]1CCCN(c2ccc3nnnn3n2)C1. The number of anilines is 1. The highest BCUT2D eigenvalue weighted by molar-refractivity contribution is 5.79. The Kier molecular flexibility index (Phi) is 4.42. The largest absolute Gasteiger partial charge is 0.383 e. The second-order valence-corrected chi connectivity index (χ2v) is 5.29. The molecule has 1 N–H and O–H groups in total. The number of hydrogen-bond donors (Lipinski definition) is 1. The lowest BCUT2D eigenvalue weighted by atomic mass is 9.97. The van der Waals surface area contributed by atoms with Crippen molar-refractivity contribution in [1.82, 2.24) is 30.6 Å². The highest BCUT2D eigenvalue weighted by atomic mass is 16.5. The van der Waals surface area contributed by atoms with Gasteiger partial charge in [-0.25, -0.2) is 0 Å². The molecule has 0 saturated carbocycles. The summed E-state index contributed by atoms with van der Waals surface area (Å²) in [6.07, 6.45) is 1.85. The van der Waals surface area contributed by atoms with E-state index in [0.717, 1.165) is 25.2 Å². The molecule has 1 saturated heterocycles. The Morgan fingerprint density at radius 1 is 1.50 bits per heavy atom. The fraction of sp³-hybridized carbons (Fsp3) is 0.615. The highest BCUT2D eigenvalue weighted by Crippen LogP contribution is 2.21. The number of nitrogens with zero attached hydrogens (tertiary/aromatic N) is 6. The van der Waals surface area contributed by atoms with Crippen LogP contribution in [0.5, 0.6) is 0 Å². The number of carbonyl (C=O) groups excluding carboxylic acids is 1. The number of nitrogens with one attached hydrogen (secondary N) is 1. The molecule has 3 heterocycles. The maximum atomic E-state index is 12.2. The van der Waals surface area contributed by atoms with Gasteiger partial charge in [-0.3, -0.25) is 4.79 Å². The third-order valence-corrected chi connectivity index (χ3v) is 3.78. The van der Waals surface area contributed by atoms with Crippen molar-refractivity contribution in [2.45, 2.75) is 12.8 Å². The van der Waals surface area contributed by atoms with Crippen LogP contribution in [-0.2, 0) is 9.53 Å². The van der Waals surface area contributed by atoms with Crippen molar-refractivity contribution in [3.8, 4) is 0 Å². The Morgan fingerprint density at radius 2 is 2.41 bits per heavy atom. The lowest BCUT2D eigenvalue weighted by molar-refractivity contribution is -0.125. The second kappa shape index (κ2) is 6.65. The van der Waals surface area contributed by atoms with Crippen LogP contribution in [0, 0.1) is 5.92 Å².